The number of alkyl halides is 3. The lowest BCUT2D eigenvalue weighted by atomic mass is 10.2. The molecule has 1 rings (SSSR count). The minimum atomic E-state index is -4.31. The largest absolute Gasteiger partial charge is 0.416 e. The van der Waals surface area contributed by atoms with E-state index in [1.54, 1.807) is 0 Å². The van der Waals surface area contributed by atoms with Crippen LogP contribution in [0.25, 0.3) is 0 Å². The summed E-state index contributed by atoms with van der Waals surface area (Å²) < 4.78 is 36.9. The molecule has 1 aromatic carbocycles. The van der Waals surface area contributed by atoms with Crippen molar-refractivity contribution in [2.45, 2.75) is 19.5 Å². The molecule has 0 heterocycles. The van der Waals surface area contributed by atoms with E-state index in [0.29, 0.717) is 10.8 Å². The van der Waals surface area contributed by atoms with E-state index in [-0.39, 0.29) is 0 Å². The third kappa shape index (κ3) is 4.60. The highest BCUT2D eigenvalue weighted by molar-refractivity contribution is 7.80. The average Bonchev–Trinajstić information content (AvgIpc) is 2.26. The maximum atomic E-state index is 12.3. The van der Waals surface area contributed by atoms with E-state index < -0.39 is 11.7 Å². The van der Waals surface area contributed by atoms with Crippen molar-refractivity contribution in [3.63, 3.8) is 0 Å². The van der Waals surface area contributed by atoms with Crippen molar-refractivity contribution in [3.8, 4) is 0 Å². The van der Waals surface area contributed by atoms with Gasteiger partial charge >= 0.3 is 6.18 Å². The molecule has 0 saturated heterocycles. The molecular weight excluding hydrogens is 249 g/mol. The second kappa shape index (κ2) is 5.86. The normalized spacial score (nSPS) is 11.1. The minimum Gasteiger partial charge on any atom is -0.362 e. The van der Waals surface area contributed by atoms with E-state index in [9.17, 15) is 13.2 Å². The highest BCUT2D eigenvalue weighted by Gasteiger charge is 2.29. The Balaban J connectivity index is 2.60. The third-order valence-corrected chi connectivity index (χ3v) is 2.25. The molecule has 0 aromatic heterocycles. The van der Waals surface area contributed by atoms with Crippen LogP contribution in [0.15, 0.2) is 24.3 Å². The summed E-state index contributed by atoms with van der Waals surface area (Å²) in [6, 6.07) is 4.74. The van der Waals surface area contributed by atoms with E-state index in [4.69, 9.17) is 12.2 Å². The Labute approximate surface area is 103 Å². The predicted molar refractivity (Wildman–Crippen MR) is 66.0 cm³/mol. The molecule has 0 aliphatic rings. The van der Waals surface area contributed by atoms with Crippen LogP contribution in [0.5, 0.6) is 0 Å². The van der Waals surface area contributed by atoms with Crippen molar-refractivity contribution in [3.05, 3.63) is 29.8 Å². The number of nitrogens with one attached hydrogen (secondary N) is 2. The summed E-state index contributed by atoms with van der Waals surface area (Å²) in [5.74, 6) is 0. The Morgan fingerprint density at radius 2 is 1.82 bits per heavy atom. The van der Waals surface area contributed by atoms with Gasteiger partial charge in [-0.2, -0.15) is 13.2 Å². The predicted octanol–water partition coefficient (Wildman–Crippen LogP) is 3.40. The second-order valence-electron chi connectivity index (χ2n) is 3.46. The van der Waals surface area contributed by atoms with Crippen molar-refractivity contribution < 1.29 is 13.2 Å². The highest BCUT2D eigenvalue weighted by atomic mass is 32.1. The summed E-state index contributed by atoms with van der Waals surface area (Å²) in [5.41, 5.74) is -0.137. The number of thiocarbonyl (C=S) groups is 1. The van der Waals surface area contributed by atoms with Gasteiger partial charge in [0.2, 0.25) is 0 Å². The van der Waals surface area contributed by atoms with Crippen molar-refractivity contribution >= 4 is 23.0 Å². The SMILES string of the molecule is CCCNC(=S)Nc1ccc(C(F)(F)F)cc1. The Kier molecular flexibility index (Phi) is 4.74. The van der Waals surface area contributed by atoms with E-state index in [1.807, 2.05) is 6.92 Å². The quantitative estimate of drug-likeness (QED) is 0.816. The van der Waals surface area contributed by atoms with E-state index >= 15 is 0 Å². The highest BCUT2D eigenvalue weighted by Crippen LogP contribution is 2.29. The molecule has 17 heavy (non-hydrogen) atoms. The maximum Gasteiger partial charge on any atom is 0.416 e. The van der Waals surface area contributed by atoms with Crippen molar-refractivity contribution in [1.82, 2.24) is 5.32 Å². The van der Waals surface area contributed by atoms with Crippen LogP contribution >= 0.6 is 12.2 Å². The summed E-state index contributed by atoms with van der Waals surface area (Å²) in [6.45, 7) is 2.72. The average molecular weight is 262 g/mol. The zero-order chi connectivity index (χ0) is 12.9. The first-order valence-corrected chi connectivity index (χ1v) is 5.56. The van der Waals surface area contributed by atoms with Gasteiger partial charge in [0.1, 0.15) is 0 Å². The van der Waals surface area contributed by atoms with Crippen molar-refractivity contribution in [1.29, 1.82) is 0 Å². The Hall–Kier alpha value is -1.30. The van der Waals surface area contributed by atoms with Gasteiger partial charge in [-0.25, -0.2) is 0 Å². The molecule has 0 aliphatic heterocycles. The van der Waals surface area contributed by atoms with Crippen LogP contribution < -0.4 is 10.6 Å². The minimum absolute atomic E-state index is 0.409. The number of halogens is 3. The molecule has 0 saturated carbocycles. The van der Waals surface area contributed by atoms with Crippen LogP contribution in [-0.4, -0.2) is 11.7 Å². The topological polar surface area (TPSA) is 24.1 Å². The molecule has 0 unspecified atom stereocenters. The lowest BCUT2D eigenvalue weighted by Gasteiger charge is -2.11. The number of hydrogen-bond donors (Lipinski definition) is 2. The fraction of sp³-hybridized carbons (Fsp3) is 0.364. The van der Waals surface area contributed by atoms with Gasteiger partial charge in [0, 0.05) is 12.2 Å². The van der Waals surface area contributed by atoms with E-state index in [1.165, 1.54) is 12.1 Å². The molecule has 94 valence electrons. The Morgan fingerprint density at radius 3 is 2.29 bits per heavy atom. The van der Waals surface area contributed by atoms with Crippen LogP contribution in [0.3, 0.4) is 0 Å². The van der Waals surface area contributed by atoms with E-state index in [2.05, 4.69) is 10.6 Å². The van der Waals surface area contributed by atoms with E-state index in [0.717, 1.165) is 25.1 Å². The maximum absolute atomic E-state index is 12.3. The molecule has 0 fully saturated rings. The van der Waals surface area contributed by atoms with Gasteiger partial charge in [-0.15, -0.1) is 0 Å². The molecule has 1 aromatic rings. The third-order valence-electron chi connectivity index (χ3n) is 2.01. The monoisotopic (exact) mass is 262 g/mol. The molecule has 0 aliphatic carbocycles. The summed E-state index contributed by atoms with van der Waals surface area (Å²) in [6.07, 6.45) is -3.38. The fourth-order valence-electron chi connectivity index (χ4n) is 1.16. The molecule has 0 amide bonds. The van der Waals surface area contributed by atoms with Crippen LogP contribution in [0, 0.1) is 0 Å². The summed E-state index contributed by atoms with van der Waals surface area (Å²) >= 11 is 4.96. The number of benzene rings is 1. The van der Waals surface area contributed by atoms with Crippen LogP contribution in [0.2, 0.25) is 0 Å². The van der Waals surface area contributed by atoms with Gasteiger partial charge in [-0.1, -0.05) is 6.92 Å². The summed E-state index contributed by atoms with van der Waals surface area (Å²) in [4.78, 5) is 0. The molecule has 0 radical (unpaired) electrons. The first-order chi connectivity index (χ1) is 7.93. The molecule has 6 heteroatoms. The number of hydrogen-bond acceptors (Lipinski definition) is 1. The fourth-order valence-corrected chi connectivity index (χ4v) is 1.38. The molecule has 0 spiro atoms. The Bertz CT molecular complexity index is 373. The standard InChI is InChI=1S/C11H13F3N2S/c1-2-7-15-10(17)16-9-5-3-8(4-6-9)11(12,13)14/h3-6H,2,7H2,1H3,(H2,15,16,17). The van der Waals surface area contributed by atoms with Crippen LogP contribution in [0.1, 0.15) is 18.9 Å². The van der Waals surface area contributed by atoms with Gasteiger partial charge in [0.25, 0.3) is 0 Å². The molecular formula is C11H13F3N2S. The molecule has 0 atom stereocenters. The van der Waals surface area contributed by atoms with Gasteiger partial charge in [-0.3, -0.25) is 0 Å². The van der Waals surface area contributed by atoms with Crippen molar-refractivity contribution in [2.24, 2.45) is 0 Å². The lowest BCUT2D eigenvalue weighted by molar-refractivity contribution is -0.137. The number of rotatable bonds is 3. The van der Waals surface area contributed by atoms with Gasteiger partial charge in [-0.05, 0) is 42.9 Å². The molecule has 2 nitrogen and oxygen atoms in total. The lowest BCUT2D eigenvalue weighted by Crippen LogP contribution is -2.28. The van der Waals surface area contributed by atoms with Crippen LogP contribution in [0.4, 0.5) is 18.9 Å². The zero-order valence-corrected chi connectivity index (χ0v) is 10.1. The second-order valence-corrected chi connectivity index (χ2v) is 3.86. The first-order valence-electron chi connectivity index (χ1n) is 5.15. The smallest absolute Gasteiger partial charge is 0.362 e. The Morgan fingerprint density at radius 1 is 1.24 bits per heavy atom. The van der Waals surface area contributed by atoms with Gasteiger partial charge in [0.05, 0.1) is 5.56 Å². The summed E-state index contributed by atoms with van der Waals surface area (Å²) in [7, 11) is 0. The van der Waals surface area contributed by atoms with Crippen LogP contribution in [-0.2, 0) is 6.18 Å². The number of anilines is 1. The molecule has 2 N–H and O–H groups in total. The first kappa shape index (κ1) is 13.8. The molecule has 0 bridgehead atoms. The van der Waals surface area contributed by atoms with Crippen molar-refractivity contribution in [2.75, 3.05) is 11.9 Å². The summed E-state index contributed by atoms with van der Waals surface area (Å²) in [5, 5.41) is 6.14. The zero-order valence-electron chi connectivity index (χ0n) is 9.27. The van der Waals surface area contributed by atoms with Gasteiger partial charge in [0.15, 0.2) is 5.11 Å². The van der Waals surface area contributed by atoms with Gasteiger partial charge < -0.3 is 10.6 Å².